The fourth-order valence-corrected chi connectivity index (χ4v) is 2.50. The summed E-state index contributed by atoms with van der Waals surface area (Å²) in [5.74, 6) is -0.381. The summed E-state index contributed by atoms with van der Waals surface area (Å²) in [7, 11) is 2.81. The third kappa shape index (κ3) is 4.20. The van der Waals surface area contributed by atoms with E-state index in [1.54, 1.807) is 19.2 Å². The quantitative estimate of drug-likeness (QED) is 0.707. The molecular formula is C20H21N3O4. The van der Waals surface area contributed by atoms with Crippen LogP contribution >= 0.6 is 0 Å². The molecule has 2 aromatic carbocycles. The van der Waals surface area contributed by atoms with Gasteiger partial charge in [0.15, 0.2) is 11.5 Å². The lowest BCUT2D eigenvalue weighted by Crippen LogP contribution is -2.18. The van der Waals surface area contributed by atoms with Crippen LogP contribution in [0.1, 0.15) is 34.7 Å². The molecule has 0 fully saturated rings. The van der Waals surface area contributed by atoms with Crippen LogP contribution in [-0.4, -0.2) is 36.1 Å². The number of methoxy groups -OCH3 is 2. The van der Waals surface area contributed by atoms with Crippen molar-refractivity contribution in [2.75, 3.05) is 19.5 Å². The van der Waals surface area contributed by atoms with Crippen molar-refractivity contribution in [3.05, 3.63) is 60.0 Å². The predicted molar refractivity (Wildman–Crippen MR) is 103 cm³/mol. The van der Waals surface area contributed by atoms with Crippen LogP contribution in [-0.2, 0) is 4.74 Å². The van der Waals surface area contributed by atoms with Crippen molar-refractivity contribution in [3.8, 4) is 5.75 Å². The van der Waals surface area contributed by atoms with E-state index in [-0.39, 0.29) is 11.5 Å². The van der Waals surface area contributed by atoms with Crippen LogP contribution in [0.3, 0.4) is 0 Å². The molecule has 140 valence electrons. The van der Waals surface area contributed by atoms with E-state index in [0.717, 1.165) is 10.8 Å². The van der Waals surface area contributed by atoms with Crippen molar-refractivity contribution < 1.29 is 19.1 Å². The van der Waals surface area contributed by atoms with Crippen molar-refractivity contribution in [1.29, 1.82) is 0 Å². The molecule has 0 saturated heterocycles. The first-order valence-corrected chi connectivity index (χ1v) is 8.42. The topological polar surface area (TPSA) is 90.4 Å². The molecule has 1 aromatic heterocycles. The lowest BCUT2D eigenvalue weighted by Gasteiger charge is -2.11. The summed E-state index contributed by atoms with van der Waals surface area (Å²) in [5, 5.41) is 4.15. The zero-order valence-electron chi connectivity index (χ0n) is 15.6. The molecule has 0 radical (unpaired) electrons. The Morgan fingerprint density at radius 3 is 2.26 bits per heavy atom. The number of anilines is 1. The standard InChI is InChI=1S/C18H15N3O4.C2H6/c1-24-14-8-7-13(11-5-3-4-6-12(11)14)17(22)21-16-15(18(23)25-2)19-9-10-20-16;1-2/h3-10H,1-2H3,(H,20,21,22);1-2H3. The Morgan fingerprint density at radius 2 is 1.59 bits per heavy atom. The van der Waals surface area contributed by atoms with Crippen LogP contribution in [0.5, 0.6) is 5.75 Å². The Kier molecular flexibility index (Phi) is 6.82. The number of carbonyl (C=O) groups is 2. The highest BCUT2D eigenvalue weighted by Gasteiger charge is 2.19. The van der Waals surface area contributed by atoms with Gasteiger partial charge in [-0.1, -0.05) is 38.1 Å². The Bertz CT molecular complexity index is 957. The van der Waals surface area contributed by atoms with Gasteiger partial charge in [0.2, 0.25) is 0 Å². The molecule has 0 spiro atoms. The van der Waals surface area contributed by atoms with Crippen molar-refractivity contribution in [3.63, 3.8) is 0 Å². The van der Waals surface area contributed by atoms with E-state index in [9.17, 15) is 9.59 Å². The van der Waals surface area contributed by atoms with Crippen molar-refractivity contribution in [2.45, 2.75) is 13.8 Å². The second-order valence-electron chi connectivity index (χ2n) is 5.06. The number of nitrogens with zero attached hydrogens (tertiary/aromatic N) is 2. The molecular weight excluding hydrogens is 346 g/mol. The minimum atomic E-state index is -0.678. The minimum Gasteiger partial charge on any atom is -0.496 e. The second kappa shape index (κ2) is 9.28. The highest BCUT2D eigenvalue weighted by molar-refractivity contribution is 6.14. The number of benzene rings is 2. The third-order valence-electron chi connectivity index (χ3n) is 3.66. The van der Waals surface area contributed by atoms with Crippen molar-refractivity contribution in [1.82, 2.24) is 9.97 Å². The van der Waals surface area contributed by atoms with Gasteiger partial charge in [-0.15, -0.1) is 0 Å². The van der Waals surface area contributed by atoms with E-state index < -0.39 is 11.9 Å². The molecule has 0 saturated carbocycles. The van der Waals surface area contributed by atoms with Gasteiger partial charge in [-0.05, 0) is 17.5 Å². The molecule has 0 atom stereocenters. The lowest BCUT2D eigenvalue weighted by molar-refractivity contribution is 0.0595. The largest absolute Gasteiger partial charge is 0.496 e. The first-order chi connectivity index (χ1) is 13.2. The summed E-state index contributed by atoms with van der Waals surface area (Å²) in [6.45, 7) is 4.00. The molecule has 3 aromatic rings. The summed E-state index contributed by atoms with van der Waals surface area (Å²) in [5.41, 5.74) is 0.369. The number of nitrogens with one attached hydrogen (secondary N) is 1. The molecule has 0 aliphatic rings. The fraction of sp³-hybridized carbons (Fsp3) is 0.200. The number of ether oxygens (including phenoxy) is 2. The SMILES string of the molecule is CC.COC(=O)c1nccnc1NC(=O)c1ccc(OC)c2ccccc12. The Labute approximate surface area is 157 Å². The number of hydrogen-bond donors (Lipinski definition) is 1. The lowest BCUT2D eigenvalue weighted by atomic mass is 10.0. The number of esters is 1. The van der Waals surface area contributed by atoms with Gasteiger partial charge in [-0.25, -0.2) is 14.8 Å². The third-order valence-corrected chi connectivity index (χ3v) is 3.66. The van der Waals surface area contributed by atoms with Gasteiger partial charge in [0.25, 0.3) is 5.91 Å². The maximum atomic E-state index is 12.7. The number of rotatable bonds is 4. The first kappa shape index (κ1) is 19.8. The van der Waals surface area contributed by atoms with E-state index in [2.05, 4.69) is 20.0 Å². The summed E-state index contributed by atoms with van der Waals surface area (Å²) >= 11 is 0. The zero-order valence-corrected chi connectivity index (χ0v) is 15.6. The number of fused-ring (bicyclic) bond motifs is 1. The van der Waals surface area contributed by atoms with E-state index in [1.165, 1.54) is 19.5 Å². The predicted octanol–water partition coefficient (Wildman–Crippen LogP) is 3.70. The summed E-state index contributed by atoms with van der Waals surface area (Å²) in [4.78, 5) is 32.4. The molecule has 0 aliphatic carbocycles. The highest BCUT2D eigenvalue weighted by atomic mass is 16.5. The monoisotopic (exact) mass is 367 g/mol. The Hall–Kier alpha value is -3.48. The average molecular weight is 367 g/mol. The number of carbonyl (C=O) groups excluding carboxylic acids is 2. The van der Waals surface area contributed by atoms with E-state index in [1.807, 2.05) is 38.1 Å². The van der Waals surface area contributed by atoms with Gasteiger partial charge in [0, 0.05) is 23.3 Å². The minimum absolute atomic E-state index is 0.0410. The number of aromatic nitrogens is 2. The van der Waals surface area contributed by atoms with Crippen molar-refractivity contribution in [2.24, 2.45) is 0 Å². The zero-order chi connectivity index (χ0) is 19.8. The molecule has 0 unspecified atom stereocenters. The number of amides is 1. The van der Waals surface area contributed by atoms with E-state index in [4.69, 9.17) is 4.74 Å². The molecule has 0 aliphatic heterocycles. The summed E-state index contributed by atoms with van der Waals surface area (Å²) < 4.78 is 9.99. The van der Waals surface area contributed by atoms with E-state index in [0.29, 0.717) is 11.3 Å². The van der Waals surface area contributed by atoms with E-state index >= 15 is 0 Å². The molecule has 0 bridgehead atoms. The van der Waals surface area contributed by atoms with Crippen LogP contribution in [0.15, 0.2) is 48.8 Å². The normalized spacial score (nSPS) is 9.78. The molecule has 1 heterocycles. The van der Waals surface area contributed by atoms with Gasteiger partial charge < -0.3 is 14.8 Å². The van der Waals surface area contributed by atoms with Gasteiger partial charge >= 0.3 is 5.97 Å². The van der Waals surface area contributed by atoms with Gasteiger partial charge in [-0.3, -0.25) is 4.79 Å². The average Bonchev–Trinajstić information content (AvgIpc) is 2.74. The van der Waals surface area contributed by atoms with Crippen LogP contribution in [0.4, 0.5) is 5.82 Å². The Balaban J connectivity index is 0.00000126. The summed E-state index contributed by atoms with van der Waals surface area (Å²) in [6.07, 6.45) is 2.73. The van der Waals surface area contributed by atoms with Gasteiger partial charge in [0.1, 0.15) is 5.75 Å². The smallest absolute Gasteiger partial charge is 0.360 e. The molecule has 3 rings (SSSR count). The second-order valence-corrected chi connectivity index (χ2v) is 5.06. The molecule has 27 heavy (non-hydrogen) atoms. The van der Waals surface area contributed by atoms with Gasteiger partial charge in [-0.2, -0.15) is 0 Å². The van der Waals surface area contributed by atoms with Crippen LogP contribution in [0, 0.1) is 0 Å². The molecule has 7 nitrogen and oxygen atoms in total. The molecule has 1 N–H and O–H groups in total. The van der Waals surface area contributed by atoms with Gasteiger partial charge in [0.05, 0.1) is 14.2 Å². The molecule has 7 heteroatoms. The molecule has 1 amide bonds. The van der Waals surface area contributed by atoms with Crippen LogP contribution in [0.25, 0.3) is 10.8 Å². The van der Waals surface area contributed by atoms with Crippen molar-refractivity contribution >= 4 is 28.5 Å². The van der Waals surface area contributed by atoms with Crippen LogP contribution in [0.2, 0.25) is 0 Å². The fourth-order valence-electron chi connectivity index (χ4n) is 2.50. The Morgan fingerprint density at radius 1 is 0.926 bits per heavy atom. The number of hydrogen-bond acceptors (Lipinski definition) is 6. The highest BCUT2D eigenvalue weighted by Crippen LogP contribution is 2.28. The first-order valence-electron chi connectivity index (χ1n) is 8.42. The maximum Gasteiger partial charge on any atom is 0.360 e. The maximum absolute atomic E-state index is 12.7. The van der Waals surface area contributed by atoms with Crippen LogP contribution < -0.4 is 10.1 Å². The summed E-state index contributed by atoms with van der Waals surface area (Å²) in [6, 6.07) is 10.8.